The first-order chi connectivity index (χ1) is 12.5. The highest BCUT2D eigenvalue weighted by atomic mass is 19.1. The molecular formula is C20H30FN5. The Hall–Kier alpha value is -2.37. The third-order valence-corrected chi connectivity index (χ3v) is 4.11. The summed E-state index contributed by atoms with van der Waals surface area (Å²) in [6.45, 7) is 11.5. The Kier molecular flexibility index (Phi) is 7.63. The molecule has 0 bridgehead atoms. The molecule has 142 valence electrons. The quantitative estimate of drug-likeness (QED) is 0.563. The van der Waals surface area contributed by atoms with Gasteiger partial charge in [-0.2, -0.15) is 5.10 Å². The molecule has 1 atom stereocenters. The SMILES string of the molecule is CCNC(=NCC(C)Cn1nc(C)cc1C)NCCc1ccc(F)cc1. The first-order valence-electron chi connectivity index (χ1n) is 9.25. The summed E-state index contributed by atoms with van der Waals surface area (Å²) in [5, 5.41) is 11.1. The van der Waals surface area contributed by atoms with Gasteiger partial charge in [-0.1, -0.05) is 19.1 Å². The molecule has 0 aliphatic rings. The maximum atomic E-state index is 12.9. The third-order valence-electron chi connectivity index (χ3n) is 4.11. The lowest BCUT2D eigenvalue weighted by molar-refractivity contribution is 0.449. The van der Waals surface area contributed by atoms with Crippen molar-refractivity contribution < 1.29 is 4.39 Å². The number of aliphatic imine (C=N–C) groups is 1. The number of nitrogens with zero attached hydrogens (tertiary/aromatic N) is 3. The molecule has 0 aliphatic carbocycles. The van der Waals surface area contributed by atoms with Gasteiger partial charge in [0, 0.05) is 31.9 Å². The molecule has 0 aliphatic heterocycles. The van der Waals surface area contributed by atoms with Crippen molar-refractivity contribution in [2.45, 2.75) is 40.7 Å². The molecular weight excluding hydrogens is 329 g/mol. The van der Waals surface area contributed by atoms with Crippen LogP contribution in [-0.2, 0) is 13.0 Å². The Bertz CT molecular complexity index is 705. The lowest BCUT2D eigenvalue weighted by Crippen LogP contribution is -2.38. The van der Waals surface area contributed by atoms with Crippen LogP contribution in [0.2, 0.25) is 0 Å². The molecule has 2 rings (SSSR count). The van der Waals surface area contributed by atoms with Crippen molar-refractivity contribution >= 4 is 5.96 Å². The van der Waals surface area contributed by atoms with E-state index in [0.29, 0.717) is 5.92 Å². The molecule has 0 fully saturated rings. The van der Waals surface area contributed by atoms with Crippen LogP contribution in [-0.4, -0.2) is 35.4 Å². The second-order valence-electron chi connectivity index (χ2n) is 6.74. The lowest BCUT2D eigenvalue weighted by Gasteiger charge is -2.14. The normalized spacial score (nSPS) is 12.9. The second kappa shape index (κ2) is 9.94. The number of halogens is 1. The number of hydrogen-bond donors (Lipinski definition) is 2. The smallest absolute Gasteiger partial charge is 0.191 e. The Morgan fingerprint density at radius 1 is 1.23 bits per heavy atom. The van der Waals surface area contributed by atoms with Crippen LogP contribution in [0.3, 0.4) is 0 Å². The molecule has 2 N–H and O–H groups in total. The van der Waals surface area contributed by atoms with Crippen LogP contribution < -0.4 is 10.6 Å². The first-order valence-corrected chi connectivity index (χ1v) is 9.25. The van der Waals surface area contributed by atoms with Crippen molar-refractivity contribution in [2.75, 3.05) is 19.6 Å². The summed E-state index contributed by atoms with van der Waals surface area (Å²) >= 11 is 0. The molecule has 26 heavy (non-hydrogen) atoms. The summed E-state index contributed by atoms with van der Waals surface area (Å²) in [6, 6.07) is 8.72. The zero-order valence-electron chi connectivity index (χ0n) is 16.2. The molecule has 0 saturated heterocycles. The summed E-state index contributed by atoms with van der Waals surface area (Å²) in [4.78, 5) is 4.68. The van der Waals surface area contributed by atoms with Crippen LogP contribution in [0, 0.1) is 25.6 Å². The topological polar surface area (TPSA) is 54.2 Å². The molecule has 6 heteroatoms. The van der Waals surface area contributed by atoms with E-state index < -0.39 is 0 Å². The average Bonchev–Trinajstić information content (AvgIpc) is 2.91. The Labute approximate surface area is 155 Å². The van der Waals surface area contributed by atoms with Gasteiger partial charge in [0.15, 0.2) is 5.96 Å². The van der Waals surface area contributed by atoms with Gasteiger partial charge in [0.05, 0.1) is 5.69 Å². The Morgan fingerprint density at radius 2 is 1.96 bits per heavy atom. The highest BCUT2D eigenvalue weighted by Crippen LogP contribution is 2.07. The van der Waals surface area contributed by atoms with Gasteiger partial charge >= 0.3 is 0 Å². The van der Waals surface area contributed by atoms with Crippen LogP contribution in [0.1, 0.15) is 30.8 Å². The van der Waals surface area contributed by atoms with Crippen molar-refractivity contribution in [1.82, 2.24) is 20.4 Å². The maximum absolute atomic E-state index is 12.9. The van der Waals surface area contributed by atoms with Gasteiger partial charge in [0.1, 0.15) is 5.82 Å². The number of rotatable bonds is 8. The van der Waals surface area contributed by atoms with E-state index in [2.05, 4.69) is 47.6 Å². The number of aromatic nitrogens is 2. The van der Waals surface area contributed by atoms with Gasteiger partial charge in [0.25, 0.3) is 0 Å². The van der Waals surface area contributed by atoms with E-state index in [1.165, 1.54) is 17.8 Å². The van der Waals surface area contributed by atoms with Gasteiger partial charge in [-0.05, 0) is 56.9 Å². The molecule has 0 radical (unpaired) electrons. The fourth-order valence-corrected chi connectivity index (χ4v) is 2.78. The van der Waals surface area contributed by atoms with Crippen molar-refractivity contribution in [3.8, 4) is 0 Å². The monoisotopic (exact) mass is 359 g/mol. The first kappa shape index (κ1) is 19.9. The van der Waals surface area contributed by atoms with Crippen molar-refractivity contribution in [2.24, 2.45) is 10.9 Å². The minimum atomic E-state index is -0.201. The zero-order valence-corrected chi connectivity index (χ0v) is 16.2. The van der Waals surface area contributed by atoms with E-state index in [4.69, 9.17) is 0 Å². The molecule has 0 amide bonds. The highest BCUT2D eigenvalue weighted by molar-refractivity contribution is 5.79. The van der Waals surface area contributed by atoms with Crippen molar-refractivity contribution in [3.05, 3.63) is 53.1 Å². The van der Waals surface area contributed by atoms with E-state index in [1.54, 1.807) is 0 Å². The minimum Gasteiger partial charge on any atom is -0.357 e. The maximum Gasteiger partial charge on any atom is 0.191 e. The summed E-state index contributed by atoms with van der Waals surface area (Å²) in [5.74, 6) is 1.00. The highest BCUT2D eigenvalue weighted by Gasteiger charge is 2.07. The van der Waals surface area contributed by atoms with Gasteiger partial charge in [-0.15, -0.1) is 0 Å². The van der Waals surface area contributed by atoms with Gasteiger partial charge in [0.2, 0.25) is 0 Å². The molecule has 1 heterocycles. The average molecular weight is 359 g/mol. The number of nitrogens with one attached hydrogen (secondary N) is 2. The fraction of sp³-hybridized carbons (Fsp3) is 0.500. The molecule has 0 saturated carbocycles. The standard InChI is InChI=1S/C20H30FN5/c1-5-22-20(23-11-10-18-6-8-19(21)9-7-18)24-13-15(2)14-26-17(4)12-16(3)25-26/h6-9,12,15H,5,10-11,13-14H2,1-4H3,(H2,22,23,24). The Morgan fingerprint density at radius 3 is 2.58 bits per heavy atom. The number of benzene rings is 1. The summed E-state index contributed by atoms with van der Waals surface area (Å²) in [6.07, 6.45) is 0.825. The van der Waals surface area contributed by atoms with E-state index in [1.807, 2.05) is 23.7 Å². The van der Waals surface area contributed by atoms with E-state index >= 15 is 0 Å². The van der Waals surface area contributed by atoms with E-state index in [0.717, 1.165) is 49.8 Å². The second-order valence-corrected chi connectivity index (χ2v) is 6.74. The number of hydrogen-bond acceptors (Lipinski definition) is 2. The summed E-state index contributed by atoms with van der Waals surface area (Å²) < 4.78 is 15.0. The fourth-order valence-electron chi connectivity index (χ4n) is 2.78. The van der Waals surface area contributed by atoms with Crippen molar-refractivity contribution in [3.63, 3.8) is 0 Å². The van der Waals surface area contributed by atoms with Gasteiger partial charge in [-0.25, -0.2) is 4.39 Å². The molecule has 1 aromatic carbocycles. The van der Waals surface area contributed by atoms with Crippen molar-refractivity contribution in [1.29, 1.82) is 0 Å². The third kappa shape index (κ3) is 6.50. The van der Waals surface area contributed by atoms with Crippen LogP contribution in [0.4, 0.5) is 4.39 Å². The minimum absolute atomic E-state index is 0.201. The van der Waals surface area contributed by atoms with Gasteiger partial charge < -0.3 is 10.6 Å². The van der Waals surface area contributed by atoms with Crippen LogP contribution >= 0.6 is 0 Å². The van der Waals surface area contributed by atoms with Crippen LogP contribution in [0.25, 0.3) is 0 Å². The number of aryl methyl sites for hydroxylation is 2. The van der Waals surface area contributed by atoms with Gasteiger partial charge in [-0.3, -0.25) is 9.67 Å². The van der Waals surface area contributed by atoms with Crippen LogP contribution in [0.5, 0.6) is 0 Å². The largest absolute Gasteiger partial charge is 0.357 e. The van der Waals surface area contributed by atoms with E-state index in [-0.39, 0.29) is 5.82 Å². The summed E-state index contributed by atoms with van der Waals surface area (Å²) in [5.41, 5.74) is 3.34. The summed E-state index contributed by atoms with van der Waals surface area (Å²) in [7, 11) is 0. The number of guanidine groups is 1. The van der Waals surface area contributed by atoms with Crippen LogP contribution in [0.15, 0.2) is 35.3 Å². The zero-order chi connectivity index (χ0) is 18.9. The lowest BCUT2D eigenvalue weighted by atomic mass is 10.1. The molecule has 1 aromatic heterocycles. The molecule has 5 nitrogen and oxygen atoms in total. The predicted molar refractivity (Wildman–Crippen MR) is 105 cm³/mol. The Balaban J connectivity index is 1.82. The molecule has 0 spiro atoms. The molecule has 1 unspecified atom stereocenters. The predicted octanol–water partition coefficient (Wildman–Crippen LogP) is 3.07. The van der Waals surface area contributed by atoms with E-state index in [9.17, 15) is 4.39 Å². The molecule has 2 aromatic rings.